The molecule has 0 spiro atoms. The van der Waals surface area contributed by atoms with Crippen molar-refractivity contribution in [2.45, 2.75) is 33.6 Å². The van der Waals surface area contributed by atoms with Gasteiger partial charge in [-0.2, -0.15) is 0 Å². The maximum Gasteiger partial charge on any atom is 0.228 e. The van der Waals surface area contributed by atoms with Crippen LogP contribution in [0.4, 0.5) is 0 Å². The molecule has 5 heteroatoms. The summed E-state index contributed by atoms with van der Waals surface area (Å²) in [5, 5.41) is 3.36. The zero-order valence-corrected chi connectivity index (χ0v) is 17.0. The lowest BCUT2D eigenvalue weighted by Crippen LogP contribution is -2.35. The van der Waals surface area contributed by atoms with Crippen molar-refractivity contribution in [2.75, 3.05) is 26.2 Å². The molecule has 146 valence electrons. The first kappa shape index (κ1) is 18.7. The smallest absolute Gasteiger partial charge is 0.228 e. The first-order valence-electron chi connectivity index (χ1n) is 10.1. The molecule has 28 heavy (non-hydrogen) atoms. The molecule has 0 saturated carbocycles. The van der Waals surface area contributed by atoms with Crippen LogP contribution in [0.5, 0.6) is 0 Å². The Morgan fingerprint density at radius 3 is 2.75 bits per heavy atom. The topological polar surface area (TPSA) is 49.6 Å². The number of nitrogens with zero attached hydrogens (tertiary/aromatic N) is 3. The van der Waals surface area contributed by atoms with Crippen molar-refractivity contribution in [2.24, 2.45) is 0 Å². The number of benzene rings is 1. The molecule has 1 aromatic carbocycles. The summed E-state index contributed by atoms with van der Waals surface area (Å²) < 4.78 is 2.07. The van der Waals surface area contributed by atoms with Crippen LogP contribution in [0, 0.1) is 20.8 Å². The van der Waals surface area contributed by atoms with Gasteiger partial charge in [-0.1, -0.05) is 12.1 Å². The van der Waals surface area contributed by atoms with Crippen molar-refractivity contribution >= 4 is 11.6 Å². The third-order valence-corrected chi connectivity index (χ3v) is 5.67. The fourth-order valence-corrected chi connectivity index (χ4v) is 3.84. The summed E-state index contributed by atoms with van der Waals surface area (Å²) in [6.45, 7) is 9.74. The summed E-state index contributed by atoms with van der Waals surface area (Å²) in [5.41, 5.74) is 7.52. The Labute approximate surface area is 166 Å². The predicted octanol–water partition coefficient (Wildman–Crippen LogP) is 3.29. The number of aryl methyl sites for hydroxylation is 3. The molecule has 0 bridgehead atoms. The van der Waals surface area contributed by atoms with Gasteiger partial charge in [0.1, 0.15) is 5.65 Å². The van der Waals surface area contributed by atoms with Gasteiger partial charge in [0, 0.05) is 31.4 Å². The monoisotopic (exact) mass is 376 g/mol. The van der Waals surface area contributed by atoms with E-state index in [0.717, 1.165) is 55.2 Å². The summed E-state index contributed by atoms with van der Waals surface area (Å²) in [4.78, 5) is 20.0. The zero-order chi connectivity index (χ0) is 19.7. The zero-order valence-electron chi connectivity index (χ0n) is 17.0. The van der Waals surface area contributed by atoms with E-state index >= 15 is 0 Å². The molecule has 1 amide bonds. The van der Waals surface area contributed by atoms with Crippen LogP contribution in [0.3, 0.4) is 0 Å². The summed E-state index contributed by atoms with van der Waals surface area (Å²) >= 11 is 0. The Morgan fingerprint density at radius 2 is 1.93 bits per heavy atom. The molecule has 1 N–H and O–H groups in total. The standard InChI is InChI=1S/C23H28N4O/c1-16-7-11-27-20(15-22(28)26-10-4-8-24-9-12-26)23(25-21(27)13-16)19-6-5-17(2)18(3)14-19/h5-7,11,13-14,24H,4,8-10,12,15H2,1-3H3. The van der Waals surface area contributed by atoms with Crippen molar-refractivity contribution in [3.63, 3.8) is 0 Å². The van der Waals surface area contributed by atoms with Crippen molar-refractivity contribution in [1.29, 1.82) is 0 Å². The number of amides is 1. The van der Waals surface area contributed by atoms with Crippen LogP contribution in [-0.4, -0.2) is 46.4 Å². The maximum absolute atomic E-state index is 13.1. The molecule has 0 unspecified atom stereocenters. The Bertz CT molecular complexity index is 1010. The van der Waals surface area contributed by atoms with Gasteiger partial charge in [0.05, 0.1) is 17.8 Å². The highest BCUT2D eigenvalue weighted by Gasteiger charge is 2.21. The highest BCUT2D eigenvalue weighted by molar-refractivity contribution is 5.82. The van der Waals surface area contributed by atoms with Gasteiger partial charge in [0.2, 0.25) is 5.91 Å². The molecule has 0 aliphatic carbocycles. The molecule has 1 aliphatic heterocycles. The molecule has 5 nitrogen and oxygen atoms in total. The van der Waals surface area contributed by atoms with Gasteiger partial charge in [0.15, 0.2) is 0 Å². The van der Waals surface area contributed by atoms with Crippen LogP contribution >= 0.6 is 0 Å². The first-order valence-corrected chi connectivity index (χ1v) is 10.1. The second-order valence-electron chi connectivity index (χ2n) is 7.80. The van der Waals surface area contributed by atoms with Gasteiger partial charge < -0.3 is 14.6 Å². The van der Waals surface area contributed by atoms with E-state index in [1.807, 2.05) is 11.1 Å². The number of rotatable bonds is 3. The number of imidazole rings is 1. The Morgan fingerprint density at radius 1 is 1.07 bits per heavy atom. The van der Waals surface area contributed by atoms with Crippen LogP contribution in [0.25, 0.3) is 16.9 Å². The molecule has 4 rings (SSSR count). The van der Waals surface area contributed by atoms with E-state index in [1.54, 1.807) is 0 Å². The van der Waals surface area contributed by atoms with E-state index in [9.17, 15) is 4.79 Å². The average Bonchev–Trinajstić information content (AvgIpc) is 2.85. The number of hydrogen-bond acceptors (Lipinski definition) is 3. The maximum atomic E-state index is 13.1. The van der Waals surface area contributed by atoms with Gasteiger partial charge in [-0.15, -0.1) is 0 Å². The quantitative estimate of drug-likeness (QED) is 0.763. The Balaban J connectivity index is 1.76. The minimum Gasteiger partial charge on any atom is -0.341 e. The van der Waals surface area contributed by atoms with E-state index in [-0.39, 0.29) is 5.91 Å². The van der Waals surface area contributed by atoms with Crippen molar-refractivity contribution in [3.05, 3.63) is 58.9 Å². The molecular weight excluding hydrogens is 348 g/mol. The lowest BCUT2D eigenvalue weighted by Gasteiger charge is -2.20. The molecular formula is C23H28N4O. The van der Waals surface area contributed by atoms with Crippen LogP contribution in [-0.2, 0) is 11.2 Å². The molecule has 3 aromatic rings. The lowest BCUT2D eigenvalue weighted by molar-refractivity contribution is -0.130. The summed E-state index contributed by atoms with van der Waals surface area (Å²) in [5.74, 6) is 0.177. The molecule has 0 atom stereocenters. The summed E-state index contributed by atoms with van der Waals surface area (Å²) in [6.07, 6.45) is 3.41. The summed E-state index contributed by atoms with van der Waals surface area (Å²) in [7, 11) is 0. The molecule has 1 aliphatic rings. The number of carbonyl (C=O) groups excluding carboxylic acids is 1. The fraction of sp³-hybridized carbons (Fsp3) is 0.391. The molecule has 2 aromatic heterocycles. The number of nitrogens with one attached hydrogen (secondary N) is 1. The highest BCUT2D eigenvalue weighted by atomic mass is 16.2. The van der Waals surface area contributed by atoms with Crippen molar-refractivity contribution in [3.8, 4) is 11.3 Å². The van der Waals surface area contributed by atoms with E-state index < -0.39 is 0 Å². The van der Waals surface area contributed by atoms with Crippen LogP contribution in [0.15, 0.2) is 36.5 Å². The summed E-state index contributed by atoms with van der Waals surface area (Å²) in [6, 6.07) is 10.6. The second kappa shape index (κ2) is 7.76. The number of carbonyl (C=O) groups is 1. The highest BCUT2D eigenvalue weighted by Crippen LogP contribution is 2.27. The normalized spacial score (nSPS) is 15.0. The third-order valence-electron chi connectivity index (χ3n) is 5.67. The second-order valence-corrected chi connectivity index (χ2v) is 7.80. The lowest BCUT2D eigenvalue weighted by atomic mass is 10.0. The van der Waals surface area contributed by atoms with E-state index in [0.29, 0.717) is 6.42 Å². The number of aromatic nitrogens is 2. The van der Waals surface area contributed by atoms with Gasteiger partial charge in [0.25, 0.3) is 0 Å². The fourth-order valence-electron chi connectivity index (χ4n) is 3.84. The molecule has 0 radical (unpaired) electrons. The van der Waals surface area contributed by atoms with Gasteiger partial charge in [-0.25, -0.2) is 4.98 Å². The van der Waals surface area contributed by atoms with Gasteiger partial charge in [-0.05, 0) is 68.6 Å². The van der Waals surface area contributed by atoms with E-state index in [1.165, 1.54) is 16.7 Å². The number of hydrogen-bond donors (Lipinski definition) is 1. The molecule has 1 fully saturated rings. The van der Waals surface area contributed by atoms with Gasteiger partial charge >= 0.3 is 0 Å². The average molecular weight is 377 g/mol. The largest absolute Gasteiger partial charge is 0.341 e. The van der Waals surface area contributed by atoms with Crippen molar-refractivity contribution in [1.82, 2.24) is 19.6 Å². The van der Waals surface area contributed by atoms with Gasteiger partial charge in [-0.3, -0.25) is 4.79 Å². The molecule has 1 saturated heterocycles. The minimum absolute atomic E-state index is 0.177. The molecule has 3 heterocycles. The third kappa shape index (κ3) is 3.67. The van der Waals surface area contributed by atoms with Crippen LogP contribution in [0.1, 0.15) is 28.8 Å². The van der Waals surface area contributed by atoms with E-state index in [4.69, 9.17) is 4.98 Å². The number of pyridine rings is 1. The Hall–Kier alpha value is -2.66. The van der Waals surface area contributed by atoms with Crippen molar-refractivity contribution < 1.29 is 4.79 Å². The first-order chi connectivity index (χ1) is 13.5. The SMILES string of the molecule is Cc1ccn2c(CC(=O)N3CCCNCC3)c(-c3ccc(C)c(C)c3)nc2c1. The minimum atomic E-state index is 0.177. The van der Waals surface area contributed by atoms with Crippen LogP contribution < -0.4 is 5.32 Å². The Kier molecular flexibility index (Phi) is 5.18. The van der Waals surface area contributed by atoms with E-state index in [2.05, 4.69) is 60.8 Å². The predicted molar refractivity (Wildman–Crippen MR) is 113 cm³/mol. The van der Waals surface area contributed by atoms with Crippen LogP contribution in [0.2, 0.25) is 0 Å². The number of fused-ring (bicyclic) bond motifs is 1.